The second-order valence-electron chi connectivity index (χ2n) is 11.8. The number of carbonyl (C=O) groups is 1. The Kier molecular flexibility index (Phi) is 5.47. The third-order valence-electron chi connectivity index (χ3n) is 10.2. The van der Waals surface area contributed by atoms with Gasteiger partial charge in [-0.2, -0.15) is 0 Å². The molecule has 0 aromatic heterocycles. The number of Topliss-reactive ketones (excluding diaryl/α,β-unsaturated/α-hetero) is 1. The summed E-state index contributed by atoms with van der Waals surface area (Å²) in [7, 11) is 0. The van der Waals surface area contributed by atoms with Crippen molar-refractivity contribution >= 4 is 5.78 Å². The van der Waals surface area contributed by atoms with Gasteiger partial charge in [0.15, 0.2) is 22.9 Å². The van der Waals surface area contributed by atoms with Crippen LogP contribution in [0.4, 0.5) is 0 Å². The molecule has 5 atom stereocenters. The van der Waals surface area contributed by atoms with Crippen molar-refractivity contribution < 1.29 is 24.1 Å². The number of aromatic hydroxyl groups is 1. The summed E-state index contributed by atoms with van der Waals surface area (Å²) in [5.74, 6) is 0.777. The first-order valence-electron chi connectivity index (χ1n) is 14.1. The minimum atomic E-state index is -1.03. The Morgan fingerprint density at radius 2 is 2.03 bits per heavy atom. The molecule has 2 saturated heterocycles. The minimum Gasteiger partial charge on any atom is -0.504 e. The van der Waals surface area contributed by atoms with Gasteiger partial charge in [-0.1, -0.05) is 36.4 Å². The number of likely N-dealkylation sites (tertiary alicyclic amines) is 1. The van der Waals surface area contributed by atoms with Crippen molar-refractivity contribution in [2.75, 3.05) is 26.3 Å². The topological polar surface area (TPSA) is 68.2 Å². The Bertz CT molecular complexity index is 1210. The molecule has 2 aromatic carbocycles. The summed E-state index contributed by atoms with van der Waals surface area (Å²) in [4.78, 5) is 16.3. The molecule has 0 amide bonds. The predicted molar refractivity (Wildman–Crippen MR) is 139 cm³/mol. The van der Waals surface area contributed by atoms with Gasteiger partial charge in [0.05, 0.1) is 17.1 Å². The normalized spacial score (nSPS) is 35.9. The van der Waals surface area contributed by atoms with Gasteiger partial charge in [0, 0.05) is 37.8 Å². The highest BCUT2D eigenvalue weighted by molar-refractivity contribution is 5.94. The molecule has 6 nitrogen and oxygen atoms in total. The van der Waals surface area contributed by atoms with Crippen LogP contribution in [0.1, 0.15) is 62.1 Å². The summed E-state index contributed by atoms with van der Waals surface area (Å²) in [6, 6.07) is 14.5. The van der Waals surface area contributed by atoms with Crippen molar-refractivity contribution in [1.82, 2.24) is 4.90 Å². The molecule has 6 heteroatoms. The highest BCUT2D eigenvalue weighted by Gasteiger charge is 2.78. The number of ketones is 1. The fourth-order valence-corrected chi connectivity index (χ4v) is 8.57. The van der Waals surface area contributed by atoms with Crippen LogP contribution in [0, 0.1) is 0 Å². The van der Waals surface area contributed by atoms with E-state index in [4.69, 9.17) is 14.2 Å². The van der Waals surface area contributed by atoms with Gasteiger partial charge in [0.25, 0.3) is 0 Å². The zero-order chi connectivity index (χ0) is 25.3. The molecule has 1 N–H and O–H groups in total. The summed E-state index contributed by atoms with van der Waals surface area (Å²) < 4.78 is 19.8. The number of rotatable bonds is 7. The Hall–Kier alpha value is -2.41. The van der Waals surface area contributed by atoms with E-state index in [2.05, 4.69) is 35.2 Å². The predicted octanol–water partition coefficient (Wildman–Crippen LogP) is 4.34. The zero-order valence-electron chi connectivity index (χ0n) is 21.7. The fraction of sp³-hybridized carbons (Fsp3) is 0.581. The summed E-state index contributed by atoms with van der Waals surface area (Å²) in [5, 5.41) is 10.9. The highest BCUT2D eigenvalue weighted by Crippen LogP contribution is 2.69. The van der Waals surface area contributed by atoms with Crippen LogP contribution in [-0.4, -0.2) is 65.4 Å². The average Bonchev–Trinajstić information content (AvgIpc) is 3.51. The minimum absolute atomic E-state index is 0.130. The van der Waals surface area contributed by atoms with E-state index in [-0.39, 0.29) is 23.7 Å². The van der Waals surface area contributed by atoms with E-state index in [9.17, 15) is 9.90 Å². The fourth-order valence-electron chi connectivity index (χ4n) is 8.57. The van der Waals surface area contributed by atoms with Crippen LogP contribution >= 0.6 is 0 Å². The number of nitrogens with zero attached hydrogens (tertiary/aromatic N) is 1. The number of hydrogen-bond acceptors (Lipinski definition) is 6. The lowest BCUT2D eigenvalue weighted by atomic mass is 9.45. The van der Waals surface area contributed by atoms with Gasteiger partial charge < -0.3 is 19.3 Å². The molecule has 1 saturated carbocycles. The maximum atomic E-state index is 13.7. The highest BCUT2D eigenvalue weighted by atomic mass is 16.5. The number of aryl methyl sites for hydroxylation is 1. The van der Waals surface area contributed by atoms with Gasteiger partial charge in [-0.25, -0.2) is 0 Å². The first-order valence-corrected chi connectivity index (χ1v) is 14.1. The zero-order valence-corrected chi connectivity index (χ0v) is 21.7. The number of phenols is 1. The van der Waals surface area contributed by atoms with E-state index >= 15 is 0 Å². The molecule has 3 aliphatic heterocycles. The number of piperidine rings is 1. The molecule has 2 bridgehead atoms. The van der Waals surface area contributed by atoms with Gasteiger partial charge >= 0.3 is 0 Å². The number of carbonyl (C=O) groups excluding carboxylic acids is 1. The molecule has 3 fully saturated rings. The van der Waals surface area contributed by atoms with Crippen molar-refractivity contribution in [1.29, 1.82) is 0 Å². The molecule has 196 valence electrons. The molecule has 1 spiro atoms. The number of phenolic OH excluding ortho intramolecular Hbond substituents is 1. The summed E-state index contributed by atoms with van der Waals surface area (Å²) in [6.07, 6.45) is 7.12. The second-order valence-corrected chi connectivity index (χ2v) is 11.8. The van der Waals surface area contributed by atoms with Crippen molar-refractivity contribution in [2.45, 2.75) is 87.1 Å². The molecule has 37 heavy (non-hydrogen) atoms. The lowest BCUT2D eigenvalue weighted by molar-refractivity contribution is -0.233. The van der Waals surface area contributed by atoms with Crippen LogP contribution in [0.2, 0.25) is 0 Å². The maximum absolute atomic E-state index is 13.7. The summed E-state index contributed by atoms with van der Waals surface area (Å²) in [6.45, 7) is 5.23. The van der Waals surface area contributed by atoms with Crippen LogP contribution in [0.3, 0.4) is 0 Å². The quantitative estimate of drug-likeness (QED) is 0.567. The van der Waals surface area contributed by atoms with Crippen molar-refractivity contribution in [3.8, 4) is 11.5 Å². The van der Waals surface area contributed by atoms with E-state index in [0.717, 1.165) is 63.8 Å². The number of hydrogen-bond donors (Lipinski definition) is 1. The SMILES string of the molecule is C[C@@]12Oc3c(O)ccc4c3[C@@]13CCN(CC1CCCO1)[C@H](C4)[C@]3(OCCCc1ccccc1)CCC2=O. The van der Waals surface area contributed by atoms with Gasteiger partial charge in [0.2, 0.25) is 0 Å². The number of benzene rings is 2. The van der Waals surface area contributed by atoms with Crippen LogP contribution in [0.25, 0.3) is 0 Å². The molecule has 5 aliphatic rings. The van der Waals surface area contributed by atoms with Crippen LogP contribution < -0.4 is 4.74 Å². The Morgan fingerprint density at radius 3 is 2.84 bits per heavy atom. The second kappa shape index (κ2) is 8.55. The third kappa shape index (κ3) is 3.18. The molecule has 1 unspecified atom stereocenters. The average molecular weight is 504 g/mol. The maximum Gasteiger partial charge on any atom is 0.177 e. The number of ether oxygens (including phenoxy) is 3. The standard InChI is InChI=1S/C31H37NO5/c1-29-26(34)13-14-31(36-18-5-9-21-7-3-2-4-8-21)25-19-22-11-12-24(33)28(37-29)27(22)30(29,31)15-16-32(25)20-23-10-6-17-35-23/h2-4,7-8,11-12,23,25,33H,5-6,9-10,13-20H2,1H3/t23?,25-,29+,30+,31-/m1/s1. The van der Waals surface area contributed by atoms with E-state index in [1.54, 1.807) is 6.07 Å². The molecule has 0 radical (unpaired) electrons. The molecule has 3 heterocycles. The van der Waals surface area contributed by atoms with E-state index in [1.165, 1.54) is 11.1 Å². The van der Waals surface area contributed by atoms with Gasteiger partial charge in [-0.15, -0.1) is 0 Å². The van der Waals surface area contributed by atoms with E-state index in [0.29, 0.717) is 25.2 Å². The molecule has 2 aromatic rings. The Morgan fingerprint density at radius 1 is 1.16 bits per heavy atom. The monoisotopic (exact) mass is 503 g/mol. The Labute approximate surface area is 218 Å². The summed E-state index contributed by atoms with van der Waals surface area (Å²) >= 11 is 0. The van der Waals surface area contributed by atoms with Crippen molar-refractivity contribution in [3.63, 3.8) is 0 Å². The first-order chi connectivity index (χ1) is 18.0. The smallest absolute Gasteiger partial charge is 0.177 e. The van der Waals surface area contributed by atoms with Crippen LogP contribution in [0.5, 0.6) is 11.5 Å². The molecular weight excluding hydrogens is 466 g/mol. The van der Waals surface area contributed by atoms with Gasteiger partial charge in [-0.3, -0.25) is 9.69 Å². The van der Waals surface area contributed by atoms with Gasteiger partial charge in [0.1, 0.15) is 0 Å². The van der Waals surface area contributed by atoms with Crippen LogP contribution in [0.15, 0.2) is 42.5 Å². The van der Waals surface area contributed by atoms with Crippen molar-refractivity contribution in [2.24, 2.45) is 0 Å². The lowest BCUT2D eigenvalue weighted by Crippen LogP contribution is -2.81. The van der Waals surface area contributed by atoms with E-state index < -0.39 is 16.6 Å². The summed E-state index contributed by atoms with van der Waals surface area (Å²) in [5.41, 5.74) is 1.37. The van der Waals surface area contributed by atoms with E-state index in [1.807, 2.05) is 13.0 Å². The molecular formula is C31H37NO5. The van der Waals surface area contributed by atoms with Gasteiger partial charge in [-0.05, 0) is 75.6 Å². The first kappa shape index (κ1) is 23.7. The Balaban J connectivity index is 1.30. The largest absolute Gasteiger partial charge is 0.504 e. The molecule has 2 aliphatic carbocycles. The molecule has 7 rings (SSSR count). The lowest BCUT2D eigenvalue weighted by Gasteiger charge is -2.67. The van der Waals surface area contributed by atoms with Crippen LogP contribution in [-0.2, 0) is 32.5 Å². The third-order valence-corrected chi connectivity index (χ3v) is 10.2. The van der Waals surface area contributed by atoms with Crippen molar-refractivity contribution in [3.05, 3.63) is 59.2 Å².